The largest absolute Gasteiger partial charge is 0.343 e. The number of benzene rings is 1. The van der Waals surface area contributed by atoms with Crippen LogP contribution in [0.1, 0.15) is 5.56 Å². The Bertz CT molecular complexity index is 420. The van der Waals surface area contributed by atoms with Gasteiger partial charge in [0.2, 0.25) is 0 Å². The van der Waals surface area contributed by atoms with E-state index in [0.717, 1.165) is 16.0 Å². The van der Waals surface area contributed by atoms with Crippen LogP contribution < -0.4 is 0 Å². The minimum absolute atomic E-state index is 0.839. The maximum Gasteiger partial charge on any atom is 0.138 e. The van der Waals surface area contributed by atoms with E-state index in [1.165, 1.54) is 5.56 Å². The minimum atomic E-state index is 0.839. The van der Waals surface area contributed by atoms with Crippen molar-refractivity contribution >= 4 is 15.9 Å². The summed E-state index contributed by atoms with van der Waals surface area (Å²) in [6, 6.07) is 8.17. The Hall–Kier alpha value is -1.09. The van der Waals surface area contributed by atoms with Crippen LogP contribution in [-0.4, -0.2) is 9.97 Å². The van der Waals surface area contributed by atoms with E-state index in [0.29, 0.717) is 0 Å². The number of nitrogens with zero attached hydrogens (tertiary/aromatic N) is 1. The normalized spacial score (nSPS) is 10.3. The van der Waals surface area contributed by atoms with Crippen LogP contribution >= 0.6 is 15.9 Å². The molecule has 0 aliphatic rings. The first-order valence-corrected chi connectivity index (χ1v) is 4.83. The highest BCUT2D eigenvalue weighted by Crippen LogP contribution is 2.20. The van der Waals surface area contributed by atoms with E-state index in [1.807, 2.05) is 18.3 Å². The second-order valence-corrected chi connectivity index (χ2v) is 3.70. The van der Waals surface area contributed by atoms with Gasteiger partial charge in [-0.05, 0) is 28.4 Å². The predicted molar refractivity (Wildman–Crippen MR) is 56.5 cm³/mol. The highest BCUT2D eigenvalue weighted by atomic mass is 79.9. The van der Waals surface area contributed by atoms with Gasteiger partial charge in [0.1, 0.15) is 10.4 Å². The number of aromatic nitrogens is 2. The first-order valence-electron chi connectivity index (χ1n) is 4.04. The number of H-pyrrole nitrogens is 1. The molecule has 2 rings (SSSR count). The second-order valence-electron chi connectivity index (χ2n) is 2.89. The molecule has 66 valence electrons. The highest BCUT2D eigenvalue weighted by Gasteiger charge is 2.03. The number of halogens is 1. The molecule has 0 bridgehead atoms. The Kier molecular flexibility index (Phi) is 2.19. The smallest absolute Gasteiger partial charge is 0.138 e. The van der Waals surface area contributed by atoms with Crippen molar-refractivity contribution in [3.8, 4) is 11.4 Å². The van der Waals surface area contributed by atoms with Gasteiger partial charge < -0.3 is 4.98 Å². The lowest BCUT2D eigenvalue weighted by Crippen LogP contribution is -1.83. The molecule has 1 heterocycles. The van der Waals surface area contributed by atoms with Gasteiger partial charge in [0.05, 0.1) is 0 Å². The number of aromatic amines is 1. The van der Waals surface area contributed by atoms with Crippen LogP contribution in [0.2, 0.25) is 0 Å². The second kappa shape index (κ2) is 3.34. The average molecular weight is 237 g/mol. The lowest BCUT2D eigenvalue weighted by atomic mass is 10.1. The molecule has 0 unspecified atom stereocenters. The summed E-state index contributed by atoms with van der Waals surface area (Å²) in [7, 11) is 0. The molecule has 1 N–H and O–H groups in total. The number of aryl methyl sites for hydroxylation is 1. The van der Waals surface area contributed by atoms with Gasteiger partial charge in [-0.3, -0.25) is 0 Å². The van der Waals surface area contributed by atoms with E-state index in [2.05, 4.69) is 45.0 Å². The molecular formula is C10H9BrN2. The van der Waals surface area contributed by atoms with Gasteiger partial charge in [0.25, 0.3) is 0 Å². The molecule has 0 aliphatic carbocycles. The summed E-state index contributed by atoms with van der Waals surface area (Å²) in [6.45, 7) is 2.08. The first-order chi connectivity index (χ1) is 6.27. The molecule has 0 amide bonds. The molecule has 2 aromatic rings. The molecule has 0 fully saturated rings. The molecule has 0 atom stereocenters. The van der Waals surface area contributed by atoms with Crippen LogP contribution in [0.25, 0.3) is 11.4 Å². The summed E-state index contributed by atoms with van der Waals surface area (Å²) in [4.78, 5) is 7.41. The highest BCUT2D eigenvalue weighted by molar-refractivity contribution is 9.10. The molecule has 1 aromatic carbocycles. The van der Waals surface area contributed by atoms with Gasteiger partial charge in [0, 0.05) is 11.8 Å². The molecule has 0 saturated heterocycles. The van der Waals surface area contributed by atoms with Crippen molar-refractivity contribution in [2.45, 2.75) is 6.92 Å². The number of imidazole rings is 1. The van der Waals surface area contributed by atoms with E-state index in [9.17, 15) is 0 Å². The molecule has 0 saturated carbocycles. The van der Waals surface area contributed by atoms with E-state index in [-0.39, 0.29) is 0 Å². The zero-order valence-corrected chi connectivity index (χ0v) is 8.80. The lowest BCUT2D eigenvalue weighted by molar-refractivity contribution is 1.28. The number of hydrogen-bond acceptors (Lipinski definition) is 1. The van der Waals surface area contributed by atoms with E-state index in [1.54, 1.807) is 0 Å². The van der Waals surface area contributed by atoms with Crippen molar-refractivity contribution in [1.29, 1.82) is 0 Å². The number of nitrogens with one attached hydrogen (secondary N) is 1. The Labute approximate surface area is 85.1 Å². The quantitative estimate of drug-likeness (QED) is 0.810. The maximum atomic E-state index is 4.30. The van der Waals surface area contributed by atoms with Crippen LogP contribution in [0.4, 0.5) is 0 Å². The summed E-state index contributed by atoms with van der Waals surface area (Å²) in [5, 5.41) is 0. The van der Waals surface area contributed by atoms with Gasteiger partial charge in [-0.1, -0.05) is 24.3 Å². The van der Waals surface area contributed by atoms with E-state index >= 15 is 0 Å². The van der Waals surface area contributed by atoms with Gasteiger partial charge in [-0.15, -0.1) is 0 Å². The zero-order chi connectivity index (χ0) is 9.26. The van der Waals surface area contributed by atoms with Crippen molar-refractivity contribution in [3.05, 3.63) is 40.6 Å². The third kappa shape index (κ3) is 1.65. The fourth-order valence-electron chi connectivity index (χ4n) is 1.28. The minimum Gasteiger partial charge on any atom is -0.343 e. The molecule has 13 heavy (non-hydrogen) atoms. The van der Waals surface area contributed by atoms with Gasteiger partial charge in [-0.25, -0.2) is 4.98 Å². The fraction of sp³-hybridized carbons (Fsp3) is 0.100. The predicted octanol–water partition coefficient (Wildman–Crippen LogP) is 3.15. The van der Waals surface area contributed by atoms with Crippen LogP contribution in [0, 0.1) is 6.92 Å². The van der Waals surface area contributed by atoms with E-state index < -0.39 is 0 Å². The fourth-order valence-corrected chi connectivity index (χ4v) is 1.57. The Morgan fingerprint density at radius 3 is 2.69 bits per heavy atom. The standard InChI is InChI=1S/C10H9BrN2/c1-7-4-2-3-5-8(7)10-12-6-9(11)13-10/h2-6H,1H3,(H,12,13). The van der Waals surface area contributed by atoms with Crippen LogP contribution in [0.3, 0.4) is 0 Å². The maximum absolute atomic E-state index is 4.30. The van der Waals surface area contributed by atoms with Crippen molar-refractivity contribution < 1.29 is 0 Å². The SMILES string of the molecule is Cc1ccccc1-c1nc(Br)c[nH]1. The molecular weight excluding hydrogens is 228 g/mol. The molecule has 3 heteroatoms. The zero-order valence-electron chi connectivity index (χ0n) is 7.21. The first kappa shape index (κ1) is 8.51. The molecule has 0 spiro atoms. The molecule has 0 aliphatic heterocycles. The van der Waals surface area contributed by atoms with Gasteiger partial charge >= 0.3 is 0 Å². The van der Waals surface area contributed by atoms with Crippen molar-refractivity contribution in [2.75, 3.05) is 0 Å². The van der Waals surface area contributed by atoms with Crippen LogP contribution in [0.5, 0.6) is 0 Å². The van der Waals surface area contributed by atoms with Crippen molar-refractivity contribution in [1.82, 2.24) is 9.97 Å². The third-order valence-corrected chi connectivity index (χ3v) is 2.35. The van der Waals surface area contributed by atoms with E-state index in [4.69, 9.17) is 0 Å². The number of hydrogen-bond donors (Lipinski definition) is 1. The summed E-state index contributed by atoms with van der Waals surface area (Å²) >= 11 is 3.31. The van der Waals surface area contributed by atoms with Crippen molar-refractivity contribution in [3.63, 3.8) is 0 Å². The number of rotatable bonds is 1. The molecule has 1 aromatic heterocycles. The summed E-state index contributed by atoms with van der Waals surface area (Å²) in [5.74, 6) is 0.907. The van der Waals surface area contributed by atoms with Crippen molar-refractivity contribution in [2.24, 2.45) is 0 Å². The summed E-state index contributed by atoms with van der Waals surface area (Å²) < 4.78 is 0.839. The van der Waals surface area contributed by atoms with Crippen LogP contribution in [-0.2, 0) is 0 Å². The molecule has 2 nitrogen and oxygen atoms in total. The summed E-state index contributed by atoms with van der Waals surface area (Å²) in [5.41, 5.74) is 2.37. The van der Waals surface area contributed by atoms with Gasteiger partial charge in [0.15, 0.2) is 0 Å². The summed E-state index contributed by atoms with van der Waals surface area (Å²) in [6.07, 6.45) is 1.84. The Balaban J connectivity index is 2.52. The average Bonchev–Trinajstić information content (AvgIpc) is 2.53. The van der Waals surface area contributed by atoms with Gasteiger partial charge in [-0.2, -0.15) is 0 Å². The Morgan fingerprint density at radius 1 is 1.31 bits per heavy atom. The monoisotopic (exact) mass is 236 g/mol. The molecule has 0 radical (unpaired) electrons. The topological polar surface area (TPSA) is 28.7 Å². The lowest BCUT2D eigenvalue weighted by Gasteiger charge is -1.99. The Morgan fingerprint density at radius 2 is 2.08 bits per heavy atom. The van der Waals surface area contributed by atoms with Crippen LogP contribution in [0.15, 0.2) is 35.1 Å². The third-order valence-electron chi connectivity index (χ3n) is 1.95.